The summed E-state index contributed by atoms with van der Waals surface area (Å²) < 4.78 is 46.1. The summed E-state index contributed by atoms with van der Waals surface area (Å²) in [6.45, 7) is 10.5. The van der Waals surface area contributed by atoms with E-state index >= 15 is 0 Å². The van der Waals surface area contributed by atoms with Crippen LogP contribution < -0.4 is 33.5 Å². The van der Waals surface area contributed by atoms with Crippen molar-refractivity contribution in [2.45, 2.75) is 116 Å². The fourth-order valence-corrected chi connectivity index (χ4v) is 10.1. The molecule has 0 aliphatic heterocycles. The summed E-state index contributed by atoms with van der Waals surface area (Å²) in [7, 11) is 0. The normalized spacial score (nSPS) is 16.9. The molecule has 2 fully saturated rings. The maximum Gasteiger partial charge on any atom is 0.330 e. The minimum Gasteiger partial charge on any atom is -0.494 e. The molecule has 2 saturated carbocycles. The van der Waals surface area contributed by atoms with Crippen molar-refractivity contribution in [3.63, 3.8) is 0 Å². The first-order valence-corrected chi connectivity index (χ1v) is 29.1. The molecule has 82 heavy (non-hydrogen) atoms. The third kappa shape index (κ3) is 19.8. The highest BCUT2D eigenvalue weighted by Crippen LogP contribution is 2.36. The first-order chi connectivity index (χ1) is 40.0. The molecule has 0 saturated heterocycles. The second-order valence-electron chi connectivity index (χ2n) is 19.9. The molecule has 0 N–H and O–H groups in total. The van der Waals surface area contributed by atoms with Gasteiger partial charge in [-0.1, -0.05) is 43.6 Å². The van der Waals surface area contributed by atoms with Crippen molar-refractivity contribution >= 4 is 74.9 Å². The molecule has 2 aliphatic carbocycles. The molecule has 0 atom stereocenters. The Balaban J connectivity index is 0.899. The third-order valence-corrected chi connectivity index (χ3v) is 14.9. The lowest BCUT2D eigenvalue weighted by Gasteiger charge is -2.26. The van der Waals surface area contributed by atoms with E-state index in [1.165, 1.54) is 22.7 Å². The molecule has 1 aromatic heterocycles. The highest BCUT2D eigenvalue weighted by molar-refractivity contribution is 7.22. The van der Waals surface area contributed by atoms with E-state index in [1.807, 2.05) is 31.2 Å². The predicted octanol–water partition coefficient (Wildman–Crippen LogP) is 12.5. The van der Waals surface area contributed by atoms with Crippen molar-refractivity contribution in [3.8, 4) is 34.5 Å². The van der Waals surface area contributed by atoms with Gasteiger partial charge in [0.15, 0.2) is 0 Å². The number of rotatable bonds is 31. The number of hydrogen-bond acceptors (Lipinski definition) is 19. The molecule has 0 spiro atoms. The van der Waals surface area contributed by atoms with E-state index in [2.05, 4.69) is 23.4 Å². The standard InChI is InChI=1S/C63H72N4O14S/c1-4-37-64-67(63-66-54-17-11-12-18-56(54)82-63)65-43-48-42-53(80-61(72)46-21-19-44(20-22-46)59(70)78-51-31-27-49(28-32-51)74-38-13-7-9-15-40-76-57(68)5-2)35-36-55(48)81-62(73)47-25-23-45(24-26-47)60(71)79-52-33-29-50(30-34-52)75-39-14-8-10-16-41-77-58(69)6-3/h5-6,11-12,17-18,27-37,42-47H,2-4,7-10,13-16,19-26,38-41H2,1H3. The molecule has 0 unspecified atom stereocenters. The van der Waals surface area contributed by atoms with Crippen LogP contribution >= 0.6 is 11.3 Å². The van der Waals surface area contributed by atoms with E-state index in [4.69, 9.17) is 42.9 Å². The van der Waals surface area contributed by atoms with Crippen molar-refractivity contribution in [2.75, 3.05) is 31.5 Å². The number of carbonyl (C=O) groups is 6. The number of ether oxygens (including phenoxy) is 8. The molecule has 2 aliphatic rings. The number of fused-ring (bicyclic) bond motifs is 1. The molecule has 5 aromatic rings. The lowest BCUT2D eigenvalue weighted by atomic mass is 9.82. The van der Waals surface area contributed by atoms with Crippen molar-refractivity contribution in [1.29, 1.82) is 0 Å². The first kappa shape index (κ1) is 61.4. The van der Waals surface area contributed by atoms with Crippen molar-refractivity contribution in [1.82, 2.24) is 4.98 Å². The van der Waals surface area contributed by atoms with Crippen LogP contribution in [0.4, 0.5) is 5.13 Å². The fourth-order valence-electron chi connectivity index (χ4n) is 9.22. The quantitative estimate of drug-likeness (QED) is 0.0101. The second-order valence-corrected chi connectivity index (χ2v) is 20.9. The van der Waals surface area contributed by atoms with Gasteiger partial charge < -0.3 is 37.9 Å². The zero-order valence-electron chi connectivity index (χ0n) is 46.5. The van der Waals surface area contributed by atoms with E-state index in [0.717, 1.165) is 73.7 Å². The Morgan fingerprint density at radius 3 is 1.43 bits per heavy atom. The number of unbranched alkanes of at least 4 members (excludes halogenated alkanes) is 6. The molecule has 19 heteroatoms. The Morgan fingerprint density at radius 1 is 0.537 bits per heavy atom. The number of hydrazone groups is 2. The summed E-state index contributed by atoms with van der Waals surface area (Å²) in [6, 6.07) is 26.2. The van der Waals surface area contributed by atoms with E-state index in [9.17, 15) is 28.8 Å². The highest BCUT2D eigenvalue weighted by Gasteiger charge is 2.34. The van der Waals surface area contributed by atoms with Gasteiger partial charge in [0.05, 0.1) is 66.5 Å². The summed E-state index contributed by atoms with van der Waals surface area (Å²) in [4.78, 5) is 81.1. The van der Waals surface area contributed by atoms with Crippen LogP contribution in [0.1, 0.15) is 122 Å². The minimum atomic E-state index is -0.486. The van der Waals surface area contributed by atoms with E-state index < -0.39 is 41.6 Å². The summed E-state index contributed by atoms with van der Waals surface area (Å²) in [6.07, 6.45) is 16.5. The van der Waals surface area contributed by atoms with Gasteiger partial charge >= 0.3 is 35.8 Å². The smallest absolute Gasteiger partial charge is 0.330 e. The Labute approximate surface area is 482 Å². The number of carbonyl (C=O) groups excluding carboxylic acids is 6. The van der Waals surface area contributed by atoms with Gasteiger partial charge in [0.25, 0.3) is 0 Å². The fraction of sp³-hybridized carbons (Fsp3) is 0.413. The van der Waals surface area contributed by atoms with E-state index in [0.29, 0.717) is 118 Å². The van der Waals surface area contributed by atoms with Crippen LogP contribution in [-0.4, -0.2) is 79.7 Å². The number of esters is 6. The monoisotopic (exact) mass is 1140 g/mol. The summed E-state index contributed by atoms with van der Waals surface area (Å²) in [5.41, 5.74) is 1.13. The Hall–Kier alpha value is -8.19. The number of thiazole rings is 1. The number of anilines is 1. The Morgan fingerprint density at radius 2 is 0.963 bits per heavy atom. The van der Waals surface area contributed by atoms with Crippen molar-refractivity contribution in [2.24, 2.45) is 33.9 Å². The summed E-state index contributed by atoms with van der Waals surface area (Å²) in [5.74, 6) is -1.69. The molecule has 0 amide bonds. The molecular weight excluding hydrogens is 1070 g/mol. The van der Waals surface area contributed by atoms with Gasteiger partial charge in [-0.3, -0.25) is 19.2 Å². The van der Waals surface area contributed by atoms with Crippen molar-refractivity contribution < 1.29 is 66.7 Å². The largest absolute Gasteiger partial charge is 0.494 e. The van der Waals surface area contributed by atoms with E-state index in [-0.39, 0.29) is 29.4 Å². The zero-order chi connectivity index (χ0) is 57.9. The molecule has 4 aromatic carbocycles. The zero-order valence-corrected chi connectivity index (χ0v) is 47.3. The Bertz CT molecular complexity index is 2950. The average Bonchev–Trinajstić information content (AvgIpc) is 4.16. The topological polar surface area (TPSA) is 217 Å². The predicted molar refractivity (Wildman–Crippen MR) is 311 cm³/mol. The number of aromatic nitrogens is 1. The van der Waals surface area contributed by atoms with Crippen LogP contribution in [0.5, 0.6) is 34.5 Å². The van der Waals surface area contributed by atoms with Gasteiger partial charge in [-0.05, 0) is 188 Å². The Kier molecular flexibility index (Phi) is 24.7. The average molecular weight is 1140 g/mol. The maximum absolute atomic E-state index is 13.9. The van der Waals surface area contributed by atoms with Gasteiger partial charge in [0.2, 0.25) is 5.13 Å². The van der Waals surface area contributed by atoms with Crippen molar-refractivity contribution in [3.05, 3.63) is 122 Å². The number of para-hydroxylation sites is 1. The van der Waals surface area contributed by atoms with Gasteiger partial charge in [-0.2, -0.15) is 10.2 Å². The number of nitrogens with zero attached hydrogens (tertiary/aromatic N) is 4. The van der Waals surface area contributed by atoms with Crippen LogP contribution in [0.25, 0.3) is 10.2 Å². The van der Waals surface area contributed by atoms with Gasteiger partial charge in [-0.25, -0.2) is 14.6 Å². The van der Waals surface area contributed by atoms with Crippen LogP contribution in [0, 0.1) is 23.7 Å². The van der Waals surface area contributed by atoms with Crippen LogP contribution in [0.3, 0.4) is 0 Å². The van der Waals surface area contributed by atoms with Crippen LogP contribution in [0.2, 0.25) is 0 Å². The van der Waals surface area contributed by atoms with Gasteiger partial charge in [0.1, 0.15) is 34.5 Å². The summed E-state index contributed by atoms with van der Waals surface area (Å²) in [5, 5.41) is 11.1. The van der Waals surface area contributed by atoms with Crippen LogP contribution in [0.15, 0.2) is 127 Å². The van der Waals surface area contributed by atoms with Gasteiger partial charge in [-0.15, -0.1) is 5.12 Å². The van der Waals surface area contributed by atoms with E-state index in [1.54, 1.807) is 72.9 Å². The SMILES string of the molecule is C=CC(=O)OCCCCCCOc1ccc(OC(=O)C2CCC(C(=O)Oc3ccc(OC(=O)C4CCC(C(=O)Oc5ccc(OCCCCCCOC(=O)C=C)cc5)CC4)c(C=NN(N=CCC)c4nc5ccccc5s4)c3)CC2)cc1. The number of hydrogen-bond donors (Lipinski definition) is 0. The molecular formula is C63H72N4O14S. The second kappa shape index (κ2) is 32.9. The third-order valence-electron chi connectivity index (χ3n) is 13.9. The van der Waals surface area contributed by atoms with Crippen LogP contribution in [-0.2, 0) is 38.2 Å². The van der Waals surface area contributed by atoms with Gasteiger partial charge in [0, 0.05) is 23.9 Å². The molecule has 0 bridgehead atoms. The lowest BCUT2D eigenvalue weighted by Crippen LogP contribution is -2.30. The number of benzene rings is 4. The minimum absolute atomic E-state index is 0.185. The highest BCUT2D eigenvalue weighted by atomic mass is 32.1. The first-order valence-electron chi connectivity index (χ1n) is 28.3. The summed E-state index contributed by atoms with van der Waals surface area (Å²) >= 11 is 1.41. The molecule has 18 nitrogen and oxygen atoms in total. The molecule has 1 heterocycles. The lowest BCUT2D eigenvalue weighted by molar-refractivity contribution is -0.145. The molecule has 7 rings (SSSR count). The maximum atomic E-state index is 13.9. The molecule has 0 radical (unpaired) electrons. The molecule has 434 valence electrons.